The topological polar surface area (TPSA) is 53.1 Å². The van der Waals surface area contributed by atoms with Gasteiger partial charge in [-0.05, 0) is 18.2 Å². The quantitative estimate of drug-likeness (QED) is 0.942. The van der Waals surface area contributed by atoms with Gasteiger partial charge in [0.1, 0.15) is 10.8 Å². The number of aromatic nitrogens is 2. The van der Waals surface area contributed by atoms with E-state index >= 15 is 0 Å². The Morgan fingerprint density at radius 1 is 1.18 bits per heavy atom. The van der Waals surface area contributed by atoms with Gasteiger partial charge in [-0.2, -0.15) is 5.10 Å². The van der Waals surface area contributed by atoms with E-state index in [-0.39, 0.29) is 12.5 Å². The van der Waals surface area contributed by atoms with E-state index < -0.39 is 0 Å². The van der Waals surface area contributed by atoms with Crippen molar-refractivity contribution in [2.75, 3.05) is 5.73 Å². The van der Waals surface area contributed by atoms with Crippen molar-refractivity contribution in [3.8, 4) is 5.75 Å². The van der Waals surface area contributed by atoms with Crippen LogP contribution in [0.2, 0.25) is 15.1 Å². The Bertz CT molecular complexity index is 502. The minimum Gasteiger partial charge on any atom is -0.471 e. The monoisotopic (exact) mass is 291 g/mol. The zero-order valence-corrected chi connectivity index (χ0v) is 10.8. The van der Waals surface area contributed by atoms with E-state index in [1.54, 1.807) is 24.4 Å². The van der Waals surface area contributed by atoms with Crippen molar-refractivity contribution in [2.24, 2.45) is 0 Å². The summed E-state index contributed by atoms with van der Waals surface area (Å²) in [5, 5.41) is 5.34. The Morgan fingerprint density at radius 2 is 1.82 bits per heavy atom. The second kappa shape index (κ2) is 5.04. The van der Waals surface area contributed by atoms with E-state index in [1.165, 1.54) is 4.68 Å². The van der Waals surface area contributed by atoms with Gasteiger partial charge in [0.05, 0.1) is 0 Å². The average Bonchev–Trinajstić information content (AvgIpc) is 2.54. The molecule has 2 rings (SSSR count). The molecule has 7 heteroatoms. The Labute approximate surface area is 113 Å². The third-order valence-corrected chi connectivity index (χ3v) is 2.67. The molecule has 0 atom stereocenters. The zero-order chi connectivity index (χ0) is 12.4. The highest BCUT2D eigenvalue weighted by molar-refractivity contribution is 6.34. The first-order valence-corrected chi connectivity index (χ1v) is 5.75. The van der Waals surface area contributed by atoms with Crippen LogP contribution in [0, 0.1) is 0 Å². The van der Waals surface area contributed by atoms with Crippen LogP contribution in [0.25, 0.3) is 0 Å². The molecule has 0 spiro atoms. The van der Waals surface area contributed by atoms with Gasteiger partial charge in [0, 0.05) is 16.2 Å². The third-order valence-electron chi connectivity index (χ3n) is 1.94. The first kappa shape index (κ1) is 12.4. The third kappa shape index (κ3) is 3.19. The molecule has 2 N–H and O–H groups in total. The molecule has 2 aromatic rings. The molecule has 0 fully saturated rings. The molecule has 0 amide bonds. The van der Waals surface area contributed by atoms with E-state index in [4.69, 9.17) is 45.3 Å². The van der Waals surface area contributed by atoms with Crippen LogP contribution in [0.5, 0.6) is 5.75 Å². The van der Waals surface area contributed by atoms with Crippen molar-refractivity contribution in [1.82, 2.24) is 9.78 Å². The van der Waals surface area contributed by atoms with Gasteiger partial charge in [-0.25, -0.2) is 4.68 Å². The minimum atomic E-state index is 0.174. The second-order valence-corrected chi connectivity index (χ2v) is 4.56. The Balaban J connectivity index is 2.07. The fourth-order valence-electron chi connectivity index (χ4n) is 1.23. The number of nitrogens with zero attached hydrogens (tertiary/aromatic N) is 2. The average molecular weight is 293 g/mol. The Kier molecular flexibility index (Phi) is 3.66. The van der Waals surface area contributed by atoms with Crippen LogP contribution >= 0.6 is 34.8 Å². The van der Waals surface area contributed by atoms with Crippen molar-refractivity contribution < 1.29 is 4.74 Å². The lowest BCUT2D eigenvalue weighted by Gasteiger charge is -2.06. The maximum absolute atomic E-state index is 5.83. The van der Waals surface area contributed by atoms with Crippen molar-refractivity contribution in [2.45, 2.75) is 6.73 Å². The summed E-state index contributed by atoms with van der Waals surface area (Å²) in [6.45, 7) is 0.174. The summed E-state index contributed by atoms with van der Waals surface area (Å²) in [7, 11) is 0. The second-order valence-electron chi connectivity index (χ2n) is 3.28. The zero-order valence-electron chi connectivity index (χ0n) is 8.53. The number of anilines is 1. The van der Waals surface area contributed by atoms with E-state index in [0.717, 1.165) is 0 Å². The minimum absolute atomic E-state index is 0.174. The molecular formula is C10H8Cl3N3O. The number of hydrogen-bond donors (Lipinski definition) is 1. The summed E-state index contributed by atoms with van der Waals surface area (Å²) >= 11 is 17.4. The number of nitrogens with two attached hydrogens (primary N) is 1. The molecule has 4 nitrogen and oxygen atoms in total. The van der Waals surface area contributed by atoms with Gasteiger partial charge < -0.3 is 10.5 Å². The van der Waals surface area contributed by atoms with Crippen LogP contribution in [-0.4, -0.2) is 9.78 Å². The lowest BCUT2D eigenvalue weighted by atomic mass is 10.3. The maximum atomic E-state index is 5.83. The van der Waals surface area contributed by atoms with Crippen molar-refractivity contribution >= 4 is 40.6 Å². The lowest BCUT2D eigenvalue weighted by Crippen LogP contribution is -2.06. The van der Waals surface area contributed by atoms with Crippen LogP contribution in [0.4, 0.5) is 5.82 Å². The molecule has 0 saturated heterocycles. The normalized spacial score (nSPS) is 10.5. The molecule has 0 aliphatic heterocycles. The smallest absolute Gasteiger partial charge is 0.181 e. The van der Waals surface area contributed by atoms with Gasteiger partial charge in [0.25, 0.3) is 0 Å². The summed E-state index contributed by atoms with van der Waals surface area (Å²) in [5.74, 6) is 0.812. The fraction of sp³-hybridized carbons (Fsp3) is 0.100. The molecule has 0 bridgehead atoms. The summed E-state index contributed by atoms with van der Waals surface area (Å²) in [4.78, 5) is 0. The standard InChI is InChI=1S/C10H8Cl3N3O/c11-6-1-7(12)3-8(2-6)17-5-16-4-9(13)10(14)15-16/h1-4H,5H2,(H2,14,15). The van der Waals surface area contributed by atoms with E-state index in [2.05, 4.69) is 5.10 Å². The molecular weight excluding hydrogens is 284 g/mol. The van der Waals surface area contributed by atoms with Crippen LogP contribution in [-0.2, 0) is 6.73 Å². The molecule has 0 saturated carbocycles. The highest BCUT2D eigenvalue weighted by Gasteiger charge is 2.04. The van der Waals surface area contributed by atoms with E-state index in [9.17, 15) is 0 Å². The largest absolute Gasteiger partial charge is 0.471 e. The molecule has 1 aromatic heterocycles. The van der Waals surface area contributed by atoms with Crippen LogP contribution < -0.4 is 10.5 Å². The van der Waals surface area contributed by atoms with E-state index in [0.29, 0.717) is 20.8 Å². The summed E-state index contributed by atoms with van der Waals surface area (Å²) in [6, 6.07) is 4.93. The number of halogens is 3. The summed E-state index contributed by atoms with van der Waals surface area (Å²) in [5.41, 5.74) is 5.50. The molecule has 17 heavy (non-hydrogen) atoms. The SMILES string of the molecule is Nc1nn(COc2cc(Cl)cc(Cl)c2)cc1Cl. The molecule has 0 unspecified atom stereocenters. The fourth-order valence-corrected chi connectivity index (χ4v) is 1.89. The van der Waals surface area contributed by atoms with Gasteiger partial charge >= 0.3 is 0 Å². The Hall–Kier alpha value is -1.10. The van der Waals surface area contributed by atoms with Crippen LogP contribution in [0.3, 0.4) is 0 Å². The van der Waals surface area contributed by atoms with Gasteiger partial charge in [-0.1, -0.05) is 34.8 Å². The summed E-state index contributed by atoms with van der Waals surface area (Å²) in [6.07, 6.45) is 1.57. The Morgan fingerprint density at radius 3 is 2.35 bits per heavy atom. The molecule has 0 aliphatic rings. The predicted molar refractivity (Wildman–Crippen MR) is 68.7 cm³/mol. The number of hydrogen-bond acceptors (Lipinski definition) is 3. The number of nitrogen functional groups attached to an aromatic ring is 1. The molecule has 0 radical (unpaired) electrons. The highest BCUT2D eigenvalue weighted by Crippen LogP contribution is 2.24. The molecule has 1 aromatic carbocycles. The number of benzene rings is 1. The maximum Gasteiger partial charge on any atom is 0.181 e. The van der Waals surface area contributed by atoms with Gasteiger partial charge in [0.2, 0.25) is 0 Å². The number of ether oxygens (including phenoxy) is 1. The summed E-state index contributed by atoms with van der Waals surface area (Å²) < 4.78 is 6.92. The first-order valence-electron chi connectivity index (χ1n) is 4.62. The van der Waals surface area contributed by atoms with Crippen molar-refractivity contribution in [1.29, 1.82) is 0 Å². The van der Waals surface area contributed by atoms with E-state index in [1.807, 2.05) is 0 Å². The van der Waals surface area contributed by atoms with Crippen LogP contribution in [0.15, 0.2) is 24.4 Å². The lowest BCUT2D eigenvalue weighted by molar-refractivity contribution is 0.221. The molecule has 1 heterocycles. The van der Waals surface area contributed by atoms with Crippen molar-refractivity contribution in [3.63, 3.8) is 0 Å². The first-order chi connectivity index (χ1) is 8.04. The molecule has 0 aliphatic carbocycles. The highest BCUT2D eigenvalue weighted by atomic mass is 35.5. The predicted octanol–water partition coefficient (Wildman–Crippen LogP) is 3.46. The van der Waals surface area contributed by atoms with Gasteiger partial charge in [-0.15, -0.1) is 0 Å². The number of rotatable bonds is 3. The van der Waals surface area contributed by atoms with Crippen molar-refractivity contribution in [3.05, 3.63) is 39.5 Å². The van der Waals surface area contributed by atoms with Crippen LogP contribution in [0.1, 0.15) is 0 Å². The van der Waals surface area contributed by atoms with Gasteiger partial charge in [0.15, 0.2) is 12.5 Å². The van der Waals surface area contributed by atoms with Gasteiger partial charge in [-0.3, -0.25) is 0 Å². The molecule has 90 valence electrons.